The van der Waals surface area contributed by atoms with Crippen LogP contribution in [0.15, 0.2) is 24.3 Å². The number of carbonyl (C=O) groups is 2. The zero-order chi connectivity index (χ0) is 15.1. The van der Waals surface area contributed by atoms with Gasteiger partial charge in [0.25, 0.3) is 11.8 Å². The summed E-state index contributed by atoms with van der Waals surface area (Å²) in [5.74, 6) is -1.60. The van der Waals surface area contributed by atoms with Crippen molar-refractivity contribution in [2.24, 2.45) is 5.92 Å². The summed E-state index contributed by atoms with van der Waals surface area (Å²) in [6, 6.07) is 5.67. The number of benzene rings is 1. The number of rotatable bonds is 4. The van der Waals surface area contributed by atoms with E-state index in [0.717, 1.165) is 4.90 Å². The molecule has 1 heterocycles. The molecule has 0 aromatic heterocycles. The number of fused-ring (bicyclic) bond motifs is 1. The maximum atomic E-state index is 12.3. The molecule has 1 aromatic rings. The normalized spacial score (nSPS) is 16.7. The van der Waals surface area contributed by atoms with E-state index < -0.39 is 32.7 Å². The van der Waals surface area contributed by atoms with Crippen LogP contribution < -0.4 is 0 Å². The van der Waals surface area contributed by atoms with Crippen molar-refractivity contribution in [1.82, 2.24) is 4.90 Å². The molecule has 20 heavy (non-hydrogen) atoms. The van der Waals surface area contributed by atoms with E-state index in [1.54, 1.807) is 38.1 Å². The molecule has 2 amide bonds. The second-order valence-corrected chi connectivity index (χ2v) is 7.86. The van der Waals surface area contributed by atoms with Crippen LogP contribution in [0.25, 0.3) is 0 Å². The maximum Gasteiger partial charge on any atom is 0.261 e. The van der Waals surface area contributed by atoms with Gasteiger partial charge in [-0.1, -0.05) is 26.0 Å². The first kappa shape index (κ1) is 15.0. The molecule has 0 bridgehead atoms. The number of halogens is 1. The number of amides is 2. The molecule has 1 aromatic carbocycles. The SMILES string of the molecule is CC(C)C(CS(=O)(=O)Cl)N1C(=O)c2ccccc2C1=O. The second-order valence-electron chi connectivity index (χ2n) is 5.04. The topological polar surface area (TPSA) is 71.5 Å². The molecule has 0 saturated carbocycles. The molecule has 0 spiro atoms. The van der Waals surface area contributed by atoms with Crippen molar-refractivity contribution in [1.29, 1.82) is 0 Å². The van der Waals surface area contributed by atoms with Gasteiger partial charge in [0.05, 0.1) is 22.9 Å². The van der Waals surface area contributed by atoms with Crippen molar-refractivity contribution < 1.29 is 18.0 Å². The number of carbonyl (C=O) groups excluding carboxylic acids is 2. The standard InChI is InChI=1S/C13H14ClNO4S/c1-8(2)11(7-20(14,18)19)15-12(16)9-5-3-4-6-10(9)13(15)17/h3-6,8,11H,7H2,1-2H3. The molecule has 1 unspecified atom stereocenters. The van der Waals surface area contributed by atoms with Gasteiger partial charge in [0.1, 0.15) is 0 Å². The van der Waals surface area contributed by atoms with Crippen molar-refractivity contribution in [3.8, 4) is 0 Å². The molecule has 0 radical (unpaired) electrons. The lowest BCUT2D eigenvalue weighted by atomic mass is 10.0. The van der Waals surface area contributed by atoms with Crippen LogP contribution in [0.4, 0.5) is 0 Å². The third-order valence-corrected chi connectivity index (χ3v) is 4.41. The van der Waals surface area contributed by atoms with Gasteiger partial charge in [-0.3, -0.25) is 14.5 Å². The summed E-state index contributed by atoms with van der Waals surface area (Å²) in [5, 5.41) is 0. The van der Waals surface area contributed by atoms with Gasteiger partial charge in [-0.25, -0.2) is 8.42 Å². The second kappa shape index (κ2) is 5.18. The third kappa shape index (κ3) is 2.71. The average Bonchev–Trinajstić information content (AvgIpc) is 2.59. The van der Waals surface area contributed by atoms with Crippen LogP contribution >= 0.6 is 10.7 Å². The lowest BCUT2D eigenvalue weighted by Crippen LogP contribution is -2.46. The predicted molar refractivity (Wildman–Crippen MR) is 75.2 cm³/mol. The van der Waals surface area contributed by atoms with Crippen LogP contribution in [0.5, 0.6) is 0 Å². The molecule has 5 nitrogen and oxygen atoms in total. The Morgan fingerprint density at radius 3 is 1.90 bits per heavy atom. The van der Waals surface area contributed by atoms with Crippen molar-refractivity contribution in [3.05, 3.63) is 35.4 Å². The Bertz CT molecular complexity index is 634. The molecular formula is C13H14ClNO4S. The molecule has 0 fully saturated rings. The van der Waals surface area contributed by atoms with Gasteiger partial charge in [-0.05, 0) is 18.1 Å². The maximum absolute atomic E-state index is 12.3. The van der Waals surface area contributed by atoms with Crippen LogP contribution in [0.1, 0.15) is 34.6 Å². The molecule has 0 aliphatic carbocycles. The van der Waals surface area contributed by atoms with Crippen molar-refractivity contribution in [3.63, 3.8) is 0 Å². The highest BCUT2D eigenvalue weighted by Gasteiger charge is 2.42. The highest BCUT2D eigenvalue weighted by atomic mass is 35.7. The van der Waals surface area contributed by atoms with Gasteiger partial charge in [0.2, 0.25) is 9.05 Å². The first-order valence-electron chi connectivity index (χ1n) is 6.11. The smallest absolute Gasteiger partial charge is 0.261 e. The van der Waals surface area contributed by atoms with E-state index in [4.69, 9.17) is 10.7 Å². The summed E-state index contributed by atoms with van der Waals surface area (Å²) < 4.78 is 22.6. The van der Waals surface area contributed by atoms with Crippen LogP contribution in [0.3, 0.4) is 0 Å². The Kier molecular flexibility index (Phi) is 3.88. The Morgan fingerprint density at radius 1 is 1.10 bits per heavy atom. The van der Waals surface area contributed by atoms with E-state index in [0.29, 0.717) is 11.1 Å². The molecular weight excluding hydrogens is 302 g/mol. The molecule has 7 heteroatoms. The summed E-state index contributed by atoms with van der Waals surface area (Å²) in [7, 11) is 1.47. The van der Waals surface area contributed by atoms with Crippen molar-refractivity contribution >= 4 is 31.5 Å². The number of hydrogen-bond donors (Lipinski definition) is 0. The monoisotopic (exact) mass is 315 g/mol. The fourth-order valence-electron chi connectivity index (χ4n) is 2.28. The summed E-state index contributed by atoms with van der Waals surface area (Å²) in [6.45, 7) is 3.49. The molecule has 1 aliphatic rings. The van der Waals surface area contributed by atoms with Gasteiger partial charge in [0, 0.05) is 10.7 Å². The van der Waals surface area contributed by atoms with E-state index in [2.05, 4.69) is 0 Å². The van der Waals surface area contributed by atoms with Crippen molar-refractivity contribution in [2.45, 2.75) is 19.9 Å². The van der Waals surface area contributed by atoms with Gasteiger partial charge in [0.15, 0.2) is 0 Å². The summed E-state index contributed by atoms with van der Waals surface area (Å²) in [4.78, 5) is 25.6. The minimum Gasteiger partial charge on any atom is -0.270 e. The quantitative estimate of drug-likeness (QED) is 0.628. The van der Waals surface area contributed by atoms with Crippen LogP contribution in [0, 0.1) is 5.92 Å². The third-order valence-electron chi connectivity index (χ3n) is 3.30. The molecule has 0 N–H and O–H groups in total. The summed E-state index contributed by atoms with van der Waals surface area (Å²) >= 11 is 0. The largest absolute Gasteiger partial charge is 0.270 e. The Hall–Kier alpha value is -1.40. The summed E-state index contributed by atoms with van der Waals surface area (Å²) in [6.07, 6.45) is 0. The fourth-order valence-corrected chi connectivity index (χ4v) is 3.61. The van der Waals surface area contributed by atoms with E-state index in [-0.39, 0.29) is 5.92 Å². The highest BCUT2D eigenvalue weighted by molar-refractivity contribution is 8.13. The number of hydrogen-bond acceptors (Lipinski definition) is 4. The highest BCUT2D eigenvalue weighted by Crippen LogP contribution is 2.28. The average molecular weight is 316 g/mol. The predicted octanol–water partition coefficient (Wildman–Crippen LogP) is 1.88. The van der Waals surface area contributed by atoms with E-state index in [9.17, 15) is 18.0 Å². The van der Waals surface area contributed by atoms with Gasteiger partial charge in [-0.15, -0.1) is 0 Å². The number of nitrogens with zero attached hydrogens (tertiary/aromatic N) is 1. The zero-order valence-corrected chi connectivity index (χ0v) is 12.6. The zero-order valence-electron chi connectivity index (χ0n) is 11.0. The van der Waals surface area contributed by atoms with Gasteiger partial charge < -0.3 is 0 Å². The Labute approximate surface area is 121 Å². The molecule has 2 rings (SSSR count). The lowest BCUT2D eigenvalue weighted by molar-refractivity contribution is 0.0562. The van der Waals surface area contributed by atoms with Gasteiger partial charge >= 0.3 is 0 Å². The van der Waals surface area contributed by atoms with E-state index in [1.165, 1.54) is 0 Å². The van der Waals surface area contributed by atoms with E-state index in [1.807, 2.05) is 0 Å². The minimum atomic E-state index is -3.81. The van der Waals surface area contributed by atoms with Crippen LogP contribution in [0.2, 0.25) is 0 Å². The number of imide groups is 1. The fraction of sp³-hybridized carbons (Fsp3) is 0.385. The first-order valence-corrected chi connectivity index (χ1v) is 8.59. The molecule has 108 valence electrons. The van der Waals surface area contributed by atoms with Crippen LogP contribution in [-0.2, 0) is 9.05 Å². The van der Waals surface area contributed by atoms with Crippen LogP contribution in [-0.4, -0.2) is 36.9 Å². The molecule has 1 aliphatic heterocycles. The van der Waals surface area contributed by atoms with E-state index >= 15 is 0 Å². The first-order chi connectivity index (χ1) is 9.22. The minimum absolute atomic E-state index is 0.217. The van der Waals surface area contributed by atoms with Gasteiger partial charge in [-0.2, -0.15) is 0 Å². The van der Waals surface area contributed by atoms with Crippen molar-refractivity contribution in [2.75, 3.05) is 5.75 Å². The molecule has 0 saturated heterocycles. The lowest BCUT2D eigenvalue weighted by Gasteiger charge is -2.28. The Balaban J connectivity index is 2.42. The Morgan fingerprint density at radius 2 is 1.55 bits per heavy atom. The molecule has 1 atom stereocenters. The summed E-state index contributed by atoms with van der Waals surface area (Å²) in [5.41, 5.74) is 0.602.